The maximum absolute atomic E-state index is 14.2. The first-order chi connectivity index (χ1) is 14.5. The molecule has 8 heteroatoms. The molecule has 3 atom stereocenters. The van der Waals surface area contributed by atoms with Crippen LogP contribution in [0.25, 0.3) is 0 Å². The fourth-order valence-corrected chi connectivity index (χ4v) is 11.4. The molecule has 0 saturated heterocycles. The monoisotopic (exact) mass is 474 g/mol. The molecule has 0 aliphatic heterocycles. The van der Waals surface area contributed by atoms with Crippen molar-refractivity contribution in [2.45, 2.75) is 115 Å². The highest BCUT2D eigenvalue weighted by molar-refractivity contribution is 7.89. The number of fused-ring (bicyclic) bond motifs is 2. The van der Waals surface area contributed by atoms with E-state index in [1.165, 1.54) is 19.1 Å². The second kappa shape index (κ2) is 8.55. The molecular weight excluding hydrogens is 432 g/mol. The molecule has 0 aromatic rings. The highest BCUT2D eigenvalue weighted by atomic mass is 32.2. The van der Waals surface area contributed by atoms with E-state index in [1.54, 1.807) is 0 Å². The van der Waals surface area contributed by atoms with Crippen molar-refractivity contribution in [3.8, 4) is 0 Å². The van der Waals surface area contributed by atoms with Crippen molar-refractivity contribution in [2.24, 2.45) is 16.7 Å². The Morgan fingerprint density at radius 3 is 1.81 bits per heavy atom. The first kappa shape index (κ1) is 24.0. The Morgan fingerprint density at radius 2 is 1.35 bits per heavy atom. The van der Waals surface area contributed by atoms with Crippen molar-refractivity contribution in [2.75, 3.05) is 12.0 Å². The van der Waals surface area contributed by atoms with Crippen molar-refractivity contribution in [1.82, 2.24) is 9.03 Å². The molecule has 6 nitrogen and oxygen atoms in total. The summed E-state index contributed by atoms with van der Waals surface area (Å²) >= 11 is 0. The number of nitrogens with one attached hydrogen (secondary N) is 1. The molecule has 0 aromatic heterocycles. The molecule has 0 spiro atoms. The summed E-state index contributed by atoms with van der Waals surface area (Å²) in [5.41, 5.74) is -0.714. The predicted octanol–water partition coefficient (Wildman–Crippen LogP) is 4.03. The van der Waals surface area contributed by atoms with E-state index in [2.05, 4.69) is 18.6 Å². The lowest BCUT2D eigenvalue weighted by Crippen LogP contribution is -2.56. The van der Waals surface area contributed by atoms with Crippen LogP contribution in [0.2, 0.25) is 0 Å². The zero-order chi connectivity index (χ0) is 22.5. The molecular formula is C23H42N2O4S2. The van der Waals surface area contributed by atoms with Crippen LogP contribution in [0.15, 0.2) is 0 Å². The van der Waals surface area contributed by atoms with Gasteiger partial charge in [-0.1, -0.05) is 52.4 Å². The number of nitrogens with zero attached hydrogens (tertiary/aromatic N) is 1. The summed E-state index contributed by atoms with van der Waals surface area (Å²) in [4.78, 5) is 0. The number of rotatable bonds is 7. The summed E-state index contributed by atoms with van der Waals surface area (Å²) in [7, 11) is -6.90. The van der Waals surface area contributed by atoms with Crippen LogP contribution in [0, 0.1) is 16.7 Å². The molecule has 0 unspecified atom stereocenters. The highest BCUT2D eigenvalue weighted by Crippen LogP contribution is 2.66. The van der Waals surface area contributed by atoms with Crippen LogP contribution in [0.4, 0.5) is 0 Å². The van der Waals surface area contributed by atoms with Gasteiger partial charge in [0, 0.05) is 23.5 Å². The van der Waals surface area contributed by atoms with E-state index in [4.69, 9.17) is 0 Å². The third kappa shape index (κ3) is 4.47. The molecule has 31 heavy (non-hydrogen) atoms. The maximum Gasteiger partial charge on any atom is 0.215 e. The predicted molar refractivity (Wildman–Crippen MR) is 125 cm³/mol. The summed E-state index contributed by atoms with van der Waals surface area (Å²) < 4.78 is 57.5. The SMILES string of the molecule is CC1(C)[C@@H]2CC[C@@]1(CS(=O)(=O)N(C1CCCCC1)C1CCCCC1)[C@H](NS(C)(=O)=O)C2. The molecule has 180 valence electrons. The van der Waals surface area contributed by atoms with E-state index in [0.717, 1.165) is 70.6 Å². The third-order valence-electron chi connectivity index (χ3n) is 9.42. The quantitative estimate of drug-likeness (QED) is 0.604. The Labute approximate surface area is 190 Å². The lowest BCUT2D eigenvalue weighted by atomic mass is 9.69. The van der Waals surface area contributed by atoms with Crippen molar-refractivity contribution >= 4 is 20.0 Å². The Balaban J connectivity index is 1.67. The summed E-state index contributed by atoms with van der Waals surface area (Å²) in [6.07, 6.45) is 14.5. The van der Waals surface area contributed by atoms with E-state index >= 15 is 0 Å². The van der Waals surface area contributed by atoms with Gasteiger partial charge >= 0.3 is 0 Å². The fourth-order valence-electron chi connectivity index (χ4n) is 7.67. The number of hydrogen-bond acceptors (Lipinski definition) is 4. The van der Waals surface area contributed by atoms with Crippen LogP contribution in [0.5, 0.6) is 0 Å². The van der Waals surface area contributed by atoms with E-state index in [1.807, 2.05) is 4.31 Å². The summed E-state index contributed by atoms with van der Waals surface area (Å²) in [5, 5.41) is 0. The van der Waals surface area contributed by atoms with Crippen molar-refractivity contribution in [3.05, 3.63) is 0 Å². The average molecular weight is 475 g/mol. The average Bonchev–Trinajstić information content (AvgIpc) is 3.03. The molecule has 4 fully saturated rings. The Hall–Kier alpha value is -0.180. The fraction of sp³-hybridized carbons (Fsp3) is 1.00. The van der Waals surface area contributed by atoms with E-state index in [-0.39, 0.29) is 29.3 Å². The largest absolute Gasteiger partial charge is 0.215 e. The Morgan fingerprint density at radius 1 is 0.839 bits per heavy atom. The lowest BCUT2D eigenvalue weighted by Gasteiger charge is -2.46. The summed E-state index contributed by atoms with van der Waals surface area (Å²) in [6, 6.07) is -0.0341. The number of hydrogen-bond donors (Lipinski definition) is 1. The maximum atomic E-state index is 14.2. The minimum atomic E-state index is -3.51. The second-order valence-electron chi connectivity index (χ2n) is 11.5. The first-order valence-electron chi connectivity index (χ1n) is 12.4. The molecule has 0 radical (unpaired) electrons. The molecule has 1 N–H and O–H groups in total. The van der Waals surface area contributed by atoms with Crippen LogP contribution in [0.3, 0.4) is 0 Å². The van der Waals surface area contributed by atoms with E-state index < -0.39 is 25.5 Å². The smallest absolute Gasteiger partial charge is 0.213 e. The molecule has 4 saturated carbocycles. The minimum absolute atomic E-state index is 0.0870. The van der Waals surface area contributed by atoms with Gasteiger partial charge in [0.05, 0.1) is 12.0 Å². The molecule has 0 aromatic carbocycles. The van der Waals surface area contributed by atoms with E-state index in [9.17, 15) is 16.8 Å². The highest BCUT2D eigenvalue weighted by Gasteiger charge is 2.66. The van der Waals surface area contributed by atoms with Gasteiger partial charge in [0.2, 0.25) is 20.0 Å². The molecule has 0 amide bonds. The van der Waals surface area contributed by atoms with Gasteiger partial charge in [-0.3, -0.25) is 0 Å². The Kier molecular flexibility index (Phi) is 6.61. The van der Waals surface area contributed by atoms with Crippen molar-refractivity contribution < 1.29 is 16.8 Å². The molecule has 4 rings (SSSR count). The molecule has 4 aliphatic carbocycles. The Bertz CT molecular complexity index is 840. The van der Waals surface area contributed by atoms with Gasteiger partial charge in [-0.25, -0.2) is 21.6 Å². The lowest BCUT2D eigenvalue weighted by molar-refractivity contribution is 0.124. The zero-order valence-electron chi connectivity index (χ0n) is 19.6. The van der Waals surface area contributed by atoms with Crippen LogP contribution in [0.1, 0.15) is 97.3 Å². The van der Waals surface area contributed by atoms with Gasteiger partial charge in [0.1, 0.15) is 0 Å². The third-order valence-corrected chi connectivity index (χ3v) is 12.2. The van der Waals surface area contributed by atoms with Crippen LogP contribution >= 0.6 is 0 Å². The second-order valence-corrected chi connectivity index (χ2v) is 15.1. The molecule has 4 aliphatic rings. The van der Waals surface area contributed by atoms with Gasteiger partial charge in [-0.05, 0) is 56.3 Å². The van der Waals surface area contributed by atoms with Gasteiger partial charge in [0.15, 0.2) is 0 Å². The zero-order valence-corrected chi connectivity index (χ0v) is 21.2. The molecule has 2 bridgehead atoms. The van der Waals surface area contributed by atoms with Gasteiger partial charge < -0.3 is 0 Å². The standard InChI is InChI=1S/C23H42N2O4S2/c1-22(2)18-14-15-23(22,21(16-18)24-30(3,26)27)17-31(28,29)25(19-10-6-4-7-11-19)20-12-8-5-9-13-20/h18-21,24H,4-17H2,1-3H3/t18-,21-,23-/m1/s1. The van der Waals surface area contributed by atoms with Gasteiger partial charge in [-0.15, -0.1) is 0 Å². The van der Waals surface area contributed by atoms with Crippen LogP contribution < -0.4 is 4.72 Å². The van der Waals surface area contributed by atoms with Gasteiger partial charge in [-0.2, -0.15) is 4.31 Å². The van der Waals surface area contributed by atoms with Crippen molar-refractivity contribution in [1.29, 1.82) is 0 Å². The van der Waals surface area contributed by atoms with E-state index in [0.29, 0.717) is 5.92 Å². The van der Waals surface area contributed by atoms with Crippen molar-refractivity contribution in [3.63, 3.8) is 0 Å². The van der Waals surface area contributed by atoms with Crippen LogP contribution in [-0.4, -0.2) is 51.3 Å². The molecule has 0 heterocycles. The normalized spacial score (nSPS) is 35.1. The topological polar surface area (TPSA) is 83.6 Å². The summed E-state index contributed by atoms with van der Waals surface area (Å²) in [6.45, 7) is 4.35. The first-order valence-corrected chi connectivity index (χ1v) is 15.9. The summed E-state index contributed by atoms with van der Waals surface area (Å²) in [5.74, 6) is 0.462. The number of sulfonamides is 2. The van der Waals surface area contributed by atoms with Gasteiger partial charge in [0.25, 0.3) is 0 Å². The minimum Gasteiger partial charge on any atom is -0.213 e. The van der Waals surface area contributed by atoms with Crippen LogP contribution in [-0.2, 0) is 20.0 Å².